The van der Waals surface area contributed by atoms with Gasteiger partial charge in [-0.2, -0.15) is 0 Å². The van der Waals surface area contributed by atoms with Crippen molar-refractivity contribution in [2.45, 2.75) is 20.0 Å². The molecule has 1 N–H and O–H groups in total. The molecule has 4 heteroatoms. The Morgan fingerprint density at radius 2 is 2.21 bits per heavy atom. The first-order valence-corrected chi connectivity index (χ1v) is 4.74. The van der Waals surface area contributed by atoms with Crippen molar-refractivity contribution in [3.8, 4) is 5.75 Å². The molecule has 1 aliphatic rings. The van der Waals surface area contributed by atoms with Crippen LogP contribution < -0.4 is 10.1 Å². The fraction of sp³-hybridized carbons (Fsp3) is 0.300. The Morgan fingerprint density at radius 1 is 1.50 bits per heavy atom. The predicted molar refractivity (Wildman–Crippen MR) is 54.9 cm³/mol. The molecule has 1 aromatic rings. The molecule has 14 heavy (non-hydrogen) atoms. The molecule has 0 spiro atoms. The van der Waals surface area contributed by atoms with E-state index in [2.05, 4.69) is 5.32 Å². The number of aryl methyl sites for hydroxylation is 1. The van der Waals surface area contributed by atoms with Gasteiger partial charge in [0.25, 0.3) is 5.91 Å². The van der Waals surface area contributed by atoms with Gasteiger partial charge in [0.2, 0.25) is 0 Å². The summed E-state index contributed by atoms with van der Waals surface area (Å²) in [6.45, 7) is 3.59. The second-order valence-corrected chi connectivity index (χ2v) is 3.72. The number of rotatable bonds is 0. The van der Waals surface area contributed by atoms with Gasteiger partial charge in [-0.15, -0.1) is 0 Å². The third-order valence-electron chi connectivity index (χ3n) is 2.23. The minimum atomic E-state index is -0.484. The molecule has 1 atom stereocenters. The highest BCUT2D eigenvalue weighted by atomic mass is 35.5. The molecular formula is C10H10ClNO2. The fourth-order valence-electron chi connectivity index (χ4n) is 1.38. The van der Waals surface area contributed by atoms with Crippen LogP contribution in [-0.2, 0) is 4.79 Å². The average molecular weight is 212 g/mol. The van der Waals surface area contributed by atoms with E-state index in [4.69, 9.17) is 16.3 Å². The molecular weight excluding hydrogens is 202 g/mol. The SMILES string of the molecule is Cc1ccc(Cl)c2c1NC(=O)C(C)O2. The van der Waals surface area contributed by atoms with Crippen LogP contribution in [-0.4, -0.2) is 12.0 Å². The summed E-state index contributed by atoms with van der Waals surface area (Å²) < 4.78 is 5.41. The molecule has 1 aromatic carbocycles. The standard InChI is InChI=1S/C10H10ClNO2/c1-5-3-4-7(11)9-8(5)12-10(13)6(2)14-9/h3-4,6H,1-2H3,(H,12,13). The van der Waals surface area contributed by atoms with E-state index in [1.165, 1.54) is 0 Å². The van der Waals surface area contributed by atoms with E-state index in [1.54, 1.807) is 13.0 Å². The topological polar surface area (TPSA) is 38.3 Å². The number of hydrogen-bond donors (Lipinski definition) is 1. The van der Waals surface area contributed by atoms with Crippen molar-refractivity contribution in [3.05, 3.63) is 22.7 Å². The fourth-order valence-corrected chi connectivity index (χ4v) is 1.58. The first-order chi connectivity index (χ1) is 6.59. The average Bonchev–Trinajstić information content (AvgIpc) is 2.15. The Labute approximate surface area is 87.0 Å². The lowest BCUT2D eigenvalue weighted by atomic mass is 10.1. The van der Waals surface area contributed by atoms with Crippen molar-refractivity contribution < 1.29 is 9.53 Å². The molecule has 2 rings (SSSR count). The first-order valence-electron chi connectivity index (χ1n) is 4.36. The van der Waals surface area contributed by atoms with Crippen molar-refractivity contribution in [3.63, 3.8) is 0 Å². The minimum absolute atomic E-state index is 0.136. The molecule has 1 amide bonds. The molecule has 0 saturated carbocycles. The molecule has 0 radical (unpaired) electrons. The van der Waals surface area contributed by atoms with Crippen molar-refractivity contribution in [2.24, 2.45) is 0 Å². The van der Waals surface area contributed by atoms with Crippen molar-refractivity contribution in [1.82, 2.24) is 0 Å². The molecule has 1 unspecified atom stereocenters. The maximum absolute atomic E-state index is 11.3. The lowest BCUT2D eigenvalue weighted by Gasteiger charge is -2.25. The molecule has 0 saturated heterocycles. The molecule has 0 fully saturated rings. The predicted octanol–water partition coefficient (Wildman–Crippen LogP) is 2.37. The zero-order valence-corrected chi connectivity index (χ0v) is 8.68. The maximum atomic E-state index is 11.3. The largest absolute Gasteiger partial charge is 0.477 e. The Balaban J connectivity index is 2.55. The third-order valence-corrected chi connectivity index (χ3v) is 2.53. The first kappa shape index (κ1) is 9.34. The number of benzene rings is 1. The van der Waals surface area contributed by atoms with E-state index in [9.17, 15) is 4.79 Å². The van der Waals surface area contributed by atoms with Crippen molar-refractivity contribution >= 4 is 23.2 Å². The Morgan fingerprint density at radius 3 is 2.93 bits per heavy atom. The van der Waals surface area contributed by atoms with Crippen LogP contribution in [0, 0.1) is 6.92 Å². The molecule has 1 aliphatic heterocycles. The van der Waals surface area contributed by atoms with Crippen LogP contribution in [0.1, 0.15) is 12.5 Å². The Kier molecular flexibility index (Phi) is 2.11. The van der Waals surface area contributed by atoms with Gasteiger partial charge in [0, 0.05) is 0 Å². The van der Waals surface area contributed by atoms with Gasteiger partial charge in [0.05, 0.1) is 10.7 Å². The van der Waals surface area contributed by atoms with Crippen LogP contribution in [0.2, 0.25) is 5.02 Å². The van der Waals surface area contributed by atoms with Gasteiger partial charge in [-0.05, 0) is 25.5 Å². The number of ether oxygens (including phenoxy) is 1. The van der Waals surface area contributed by atoms with Gasteiger partial charge >= 0.3 is 0 Å². The van der Waals surface area contributed by atoms with Crippen molar-refractivity contribution in [1.29, 1.82) is 0 Å². The highest BCUT2D eigenvalue weighted by Crippen LogP contribution is 2.38. The maximum Gasteiger partial charge on any atom is 0.265 e. The van der Waals surface area contributed by atoms with E-state index >= 15 is 0 Å². The number of fused-ring (bicyclic) bond motifs is 1. The van der Waals surface area contributed by atoms with E-state index < -0.39 is 6.10 Å². The molecule has 0 aliphatic carbocycles. The van der Waals surface area contributed by atoms with E-state index in [1.807, 2.05) is 13.0 Å². The highest BCUT2D eigenvalue weighted by Gasteiger charge is 2.26. The lowest BCUT2D eigenvalue weighted by Crippen LogP contribution is -2.34. The van der Waals surface area contributed by atoms with Gasteiger partial charge < -0.3 is 10.1 Å². The molecule has 0 bridgehead atoms. The van der Waals surface area contributed by atoms with Crippen LogP contribution in [0.15, 0.2) is 12.1 Å². The van der Waals surface area contributed by atoms with Gasteiger partial charge in [0.15, 0.2) is 11.9 Å². The zero-order chi connectivity index (χ0) is 10.3. The zero-order valence-electron chi connectivity index (χ0n) is 7.93. The Bertz CT molecular complexity index is 403. The number of nitrogens with one attached hydrogen (secondary N) is 1. The molecule has 0 aromatic heterocycles. The van der Waals surface area contributed by atoms with Crippen LogP contribution in [0.5, 0.6) is 5.75 Å². The summed E-state index contributed by atoms with van der Waals surface area (Å²) in [7, 11) is 0. The van der Waals surface area contributed by atoms with E-state index in [0.717, 1.165) is 5.56 Å². The summed E-state index contributed by atoms with van der Waals surface area (Å²) in [6.07, 6.45) is -0.484. The lowest BCUT2D eigenvalue weighted by molar-refractivity contribution is -0.122. The molecule has 74 valence electrons. The van der Waals surface area contributed by atoms with Gasteiger partial charge in [-0.3, -0.25) is 4.79 Å². The monoisotopic (exact) mass is 211 g/mol. The second kappa shape index (κ2) is 3.17. The summed E-state index contributed by atoms with van der Waals surface area (Å²) in [5, 5.41) is 3.30. The quantitative estimate of drug-likeness (QED) is 0.716. The summed E-state index contributed by atoms with van der Waals surface area (Å²) >= 11 is 5.95. The van der Waals surface area contributed by atoms with Gasteiger partial charge in [0.1, 0.15) is 0 Å². The number of carbonyl (C=O) groups is 1. The number of amides is 1. The summed E-state index contributed by atoms with van der Waals surface area (Å²) in [6, 6.07) is 3.61. The summed E-state index contributed by atoms with van der Waals surface area (Å²) in [5.74, 6) is 0.432. The van der Waals surface area contributed by atoms with Crippen LogP contribution in [0.4, 0.5) is 5.69 Å². The number of carbonyl (C=O) groups excluding carboxylic acids is 1. The Hall–Kier alpha value is -1.22. The van der Waals surface area contributed by atoms with E-state index in [0.29, 0.717) is 16.5 Å². The van der Waals surface area contributed by atoms with Crippen molar-refractivity contribution in [2.75, 3.05) is 5.32 Å². The number of anilines is 1. The highest BCUT2D eigenvalue weighted by molar-refractivity contribution is 6.32. The minimum Gasteiger partial charge on any atom is -0.477 e. The third kappa shape index (κ3) is 1.34. The van der Waals surface area contributed by atoms with Gasteiger partial charge in [-0.1, -0.05) is 17.7 Å². The summed E-state index contributed by atoms with van der Waals surface area (Å²) in [4.78, 5) is 11.3. The van der Waals surface area contributed by atoms with Gasteiger partial charge in [-0.25, -0.2) is 0 Å². The number of hydrogen-bond acceptors (Lipinski definition) is 2. The normalized spacial score (nSPS) is 19.6. The smallest absolute Gasteiger partial charge is 0.265 e. The second-order valence-electron chi connectivity index (χ2n) is 3.32. The van der Waals surface area contributed by atoms with Crippen LogP contribution in [0.3, 0.4) is 0 Å². The van der Waals surface area contributed by atoms with E-state index in [-0.39, 0.29) is 5.91 Å². The summed E-state index contributed by atoms with van der Waals surface area (Å²) in [5.41, 5.74) is 1.63. The molecule has 3 nitrogen and oxygen atoms in total. The number of halogens is 1. The molecule has 1 heterocycles. The van der Waals surface area contributed by atoms with Crippen LogP contribution >= 0.6 is 11.6 Å². The van der Waals surface area contributed by atoms with Crippen LogP contribution in [0.25, 0.3) is 0 Å².